The van der Waals surface area contributed by atoms with Crippen LogP contribution >= 0.6 is 0 Å². The molecule has 0 aromatic rings. The van der Waals surface area contributed by atoms with Gasteiger partial charge in [0.05, 0.1) is 0 Å². The van der Waals surface area contributed by atoms with Crippen LogP contribution in [0, 0.1) is 0 Å². The zero-order valence-corrected chi connectivity index (χ0v) is 11.0. The van der Waals surface area contributed by atoms with Gasteiger partial charge < -0.3 is 5.32 Å². The first-order valence-electron chi connectivity index (χ1n) is 5.30. The highest BCUT2D eigenvalue weighted by atomic mass is 14.8. The lowest BCUT2D eigenvalue weighted by molar-refractivity contribution is 0.998. The van der Waals surface area contributed by atoms with Crippen molar-refractivity contribution in [1.29, 1.82) is 0 Å². The van der Waals surface area contributed by atoms with Crippen molar-refractivity contribution in [2.24, 2.45) is 0 Å². The molecule has 0 saturated heterocycles. The van der Waals surface area contributed by atoms with Crippen molar-refractivity contribution in [1.82, 2.24) is 5.32 Å². The van der Waals surface area contributed by atoms with Crippen molar-refractivity contribution in [2.45, 2.75) is 41.5 Å². The Labute approximate surface area is 90.6 Å². The maximum Gasteiger partial charge on any atom is 0.0296 e. The third-order valence-electron chi connectivity index (χ3n) is 1.65. The zero-order valence-electron chi connectivity index (χ0n) is 11.0. The summed E-state index contributed by atoms with van der Waals surface area (Å²) in [4.78, 5) is 0. The van der Waals surface area contributed by atoms with Gasteiger partial charge in [-0.25, -0.2) is 0 Å². The van der Waals surface area contributed by atoms with Gasteiger partial charge in [-0.15, -0.1) is 0 Å². The standard InChI is InChI=1S/C9H15N.2C2H6/c1-6-7(2)8(3)9(4)10-5;2*1-2/h6,10H,1,4H2,2-3,5H3;2*1-2H3/b8-7-;;. The summed E-state index contributed by atoms with van der Waals surface area (Å²) < 4.78 is 0. The number of rotatable bonds is 3. The lowest BCUT2D eigenvalue weighted by Crippen LogP contribution is -2.05. The van der Waals surface area contributed by atoms with Crippen molar-refractivity contribution in [2.75, 3.05) is 7.05 Å². The Hall–Kier alpha value is -0.980. The lowest BCUT2D eigenvalue weighted by atomic mass is 10.1. The average Bonchev–Trinajstić information content (AvgIpc) is 2.31. The summed E-state index contributed by atoms with van der Waals surface area (Å²) in [6.45, 7) is 19.5. The number of allylic oxidation sites excluding steroid dienone is 3. The van der Waals surface area contributed by atoms with Crippen LogP contribution in [0.4, 0.5) is 0 Å². The monoisotopic (exact) mass is 197 g/mol. The summed E-state index contributed by atoms with van der Waals surface area (Å²) in [5.74, 6) is 0. The second kappa shape index (κ2) is 14.5. The summed E-state index contributed by atoms with van der Waals surface area (Å²) in [7, 11) is 1.86. The number of hydrogen-bond donors (Lipinski definition) is 1. The largest absolute Gasteiger partial charge is 0.388 e. The molecule has 0 aromatic carbocycles. The summed E-state index contributed by atoms with van der Waals surface area (Å²) in [6, 6.07) is 0. The topological polar surface area (TPSA) is 12.0 Å². The molecule has 0 bridgehead atoms. The second-order valence-electron chi connectivity index (χ2n) is 2.24. The van der Waals surface area contributed by atoms with Crippen LogP contribution in [-0.4, -0.2) is 7.05 Å². The van der Waals surface area contributed by atoms with Crippen LogP contribution in [0.1, 0.15) is 41.5 Å². The Balaban J connectivity index is -0.000000266. The number of nitrogens with one attached hydrogen (secondary N) is 1. The third kappa shape index (κ3) is 9.11. The molecular weight excluding hydrogens is 170 g/mol. The molecule has 1 heteroatoms. The zero-order chi connectivity index (χ0) is 12.1. The van der Waals surface area contributed by atoms with Crippen LogP contribution < -0.4 is 5.32 Å². The fourth-order valence-corrected chi connectivity index (χ4v) is 0.579. The molecule has 0 fully saturated rings. The highest BCUT2D eigenvalue weighted by molar-refractivity contribution is 5.33. The minimum absolute atomic E-state index is 0.956. The minimum atomic E-state index is 0.956. The molecule has 1 N–H and O–H groups in total. The molecule has 0 atom stereocenters. The van der Waals surface area contributed by atoms with E-state index in [2.05, 4.69) is 18.5 Å². The fraction of sp³-hybridized carbons (Fsp3) is 0.538. The van der Waals surface area contributed by atoms with Crippen LogP contribution in [0.15, 0.2) is 36.1 Å². The summed E-state index contributed by atoms with van der Waals surface area (Å²) in [5, 5.41) is 2.98. The number of hydrogen-bond acceptors (Lipinski definition) is 1. The van der Waals surface area contributed by atoms with Gasteiger partial charge in [0, 0.05) is 12.7 Å². The molecule has 0 spiro atoms. The van der Waals surface area contributed by atoms with Gasteiger partial charge in [0.2, 0.25) is 0 Å². The van der Waals surface area contributed by atoms with E-state index in [4.69, 9.17) is 0 Å². The Morgan fingerprint density at radius 3 is 1.64 bits per heavy atom. The van der Waals surface area contributed by atoms with E-state index >= 15 is 0 Å². The number of likely N-dealkylation sites (N-methyl/N-ethyl adjacent to an activating group) is 1. The van der Waals surface area contributed by atoms with Crippen LogP contribution in [-0.2, 0) is 0 Å². The van der Waals surface area contributed by atoms with Gasteiger partial charge in [-0.1, -0.05) is 46.9 Å². The molecule has 0 aliphatic heterocycles. The van der Waals surface area contributed by atoms with E-state index in [-0.39, 0.29) is 0 Å². The molecule has 0 aliphatic carbocycles. The van der Waals surface area contributed by atoms with E-state index in [9.17, 15) is 0 Å². The highest BCUT2D eigenvalue weighted by Gasteiger charge is 1.94. The van der Waals surface area contributed by atoms with Crippen molar-refractivity contribution in [3.8, 4) is 0 Å². The van der Waals surface area contributed by atoms with Gasteiger partial charge in [0.1, 0.15) is 0 Å². The van der Waals surface area contributed by atoms with Crippen LogP contribution in [0.25, 0.3) is 0 Å². The minimum Gasteiger partial charge on any atom is -0.388 e. The molecule has 0 heterocycles. The van der Waals surface area contributed by atoms with Gasteiger partial charge >= 0.3 is 0 Å². The Morgan fingerprint density at radius 2 is 1.43 bits per heavy atom. The molecule has 0 amide bonds. The van der Waals surface area contributed by atoms with Crippen molar-refractivity contribution < 1.29 is 0 Å². The molecule has 84 valence electrons. The van der Waals surface area contributed by atoms with Crippen molar-refractivity contribution in [3.05, 3.63) is 36.1 Å². The summed E-state index contributed by atoms with van der Waals surface area (Å²) in [5.41, 5.74) is 3.29. The normalized spacial score (nSPS) is 9.36. The van der Waals surface area contributed by atoms with Crippen LogP contribution in [0.3, 0.4) is 0 Å². The molecule has 0 aromatic heterocycles. The molecule has 0 saturated carbocycles. The first-order chi connectivity index (χ1) is 6.63. The first-order valence-corrected chi connectivity index (χ1v) is 5.30. The second-order valence-corrected chi connectivity index (χ2v) is 2.24. The first kappa shape index (κ1) is 18.7. The third-order valence-corrected chi connectivity index (χ3v) is 1.65. The predicted molar refractivity (Wildman–Crippen MR) is 69.5 cm³/mol. The van der Waals surface area contributed by atoms with Crippen molar-refractivity contribution in [3.63, 3.8) is 0 Å². The molecule has 14 heavy (non-hydrogen) atoms. The van der Waals surface area contributed by atoms with E-state index in [1.54, 1.807) is 0 Å². The van der Waals surface area contributed by atoms with Gasteiger partial charge in [-0.3, -0.25) is 0 Å². The van der Waals surface area contributed by atoms with Crippen LogP contribution in [0.5, 0.6) is 0 Å². The maximum atomic E-state index is 3.83. The van der Waals surface area contributed by atoms with Gasteiger partial charge in [0.25, 0.3) is 0 Å². The SMILES string of the molecule is C=C/C(C)=C(/C)C(=C)NC.CC.CC. The Bertz CT molecular complexity index is 176. The molecule has 0 radical (unpaired) electrons. The van der Waals surface area contributed by atoms with E-state index in [1.165, 1.54) is 5.57 Å². The molecular formula is C13H27N. The van der Waals surface area contributed by atoms with Gasteiger partial charge in [-0.05, 0) is 25.0 Å². The fourth-order valence-electron chi connectivity index (χ4n) is 0.579. The molecule has 0 rings (SSSR count). The summed E-state index contributed by atoms with van der Waals surface area (Å²) >= 11 is 0. The van der Waals surface area contributed by atoms with Gasteiger partial charge in [-0.2, -0.15) is 0 Å². The molecule has 1 nitrogen and oxygen atoms in total. The van der Waals surface area contributed by atoms with E-state index in [0.717, 1.165) is 11.3 Å². The molecule has 0 aliphatic rings. The Morgan fingerprint density at radius 1 is 1.07 bits per heavy atom. The van der Waals surface area contributed by atoms with Crippen LogP contribution in [0.2, 0.25) is 0 Å². The average molecular weight is 197 g/mol. The van der Waals surface area contributed by atoms with Gasteiger partial charge in [0.15, 0.2) is 0 Å². The smallest absolute Gasteiger partial charge is 0.0296 e. The highest BCUT2D eigenvalue weighted by Crippen LogP contribution is 2.09. The lowest BCUT2D eigenvalue weighted by Gasteiger charge is -2.06. The van der Waals surface area contributed by atoms with E-state index in [1.807, 2.05) is 54.7 Å². The summed E-state index contributed by atoms with van der Waals surface area (Å²) in [6.07, 6.45) is 1.83. The van der Waals surface area contributed by atoms with E-state index in [0.29, 0.717) is 0 Å². The Kier molecular flexibility index (Phi) is 19.5. The quantitative estimate of drug-likeness (QED) is 0.665. The maximum absolute atomic E-state index is 3.83. The molecule has 0 unspecified atom stereocenters. The predicted octanol–water partition coefficient (Wildman–Crippen LogP) is 4.29. The van der Waals surface area contributed by atoms with E-state index < -0.39 is 0 Å². The van der Waals surface area contributed by atoms with Crippen molar-refractivity contribution >= 4 is 0 Å².